The van der Waals surface area contributed by atoms with Gasteiger partial charge in [0.05, 0.1) is 31.0 Å². The van der Waals surface area contributed by atoms with Gasteiger partial charge in [0, 0.05) is 49.5 Å². The van der Waals surface area contributed by atoms with E-state index >= 15 is 0 Å². The maximum Gasteiger partial charge on any atom is 0.174 e. The Morgan fingerprint density at radius 2 is 1.86 bits per heavy atom. The average Bonchev–Trinajstić information content (AvgIpc) is 3.36. The van der Waals surface area contributed by atoms with Gasteiger partial charge in [-0.1, -0.05) is 6.07 Å². The van der Waals surface area contributed by atoms with Crippen LogP contribution in [-0.4, -0.2) is 52.4 Å². The van der Waals surface area contributed by atoms with E-state index in [0.717, 1.165) is 57.2 Å². The lowest BCUT2D eigenvalue weighted by Gasteiger charge is -2.28. The molecule has 1 aromatic carbocycles. The van der Waals surface area contributed by atoms with E-state index in [1.54, 1.807) is 12.1 Å². The number of halogens is 1. The van der Waals surface area contributed by atoms with E-state index in [9.17, 15) is 4.39 Å². The number of rotatable bonds is 7. The van der Waals surface area contributed by atoms with Gasteiger partial charge in [0.1, 0.15) is 5.82 Å². The number of hydrogen-bond acceptors (Lipinski definition) is 4. The van der Waals surface area contributed by atoms with E-state index < -0.39 is 0 Å². The van der Waals surface area contributed by atoms with Gasteiger partial charge in [-0.05, 0) is 80.5 Å². The van der Waals surface area contributed by atoms with Crippen LogP contribution in [0.4, 0.5) is 10.1 Å². The molecule has 2 aliphatic heterocycles. The molecule has 184 valence electrons. The second kappa shape index (κ2) is 10.4. The summed E-state index contributed by atoms with van der Waals surface area (Å²) in [5, 5.41) is 4.12. The quantitative estimate of drug-likeness (QED) is 0.488. The first-order valence-electron chi connectivity index (χ1n) is 12.3. The zero-order valence-corrected chi connectivity index (χ0v) is 21.1. The number of pyridine rings is 1. The van der Waals surface area contributed by atoms with Crippen LogP contribution in [0.5, 0.6) is 0 Å². The second-order valence-corrected chi connectivity index (χ2v) is 9.65. The Kier molecular flexibility index (Phi) is 7.13. The lowest BCUT2D eigenvalue weighted by molar-refractivity contribution is 0.0369. The number of hydrogen-bond donors (Lipinski definition) is 1. The molecule has 2 fully saturated rings. The summed E-state index contributed by atoms with van der Waals surface area (Å²) in [5.41, 5.74) is 5.47. The average molecular weight is 494 g/mol. The molecule has 5 rings (SSSR count). The molecule has 2 saturated heterocycles. The minimum absolute atomic E-state index is 0.0953. The zero-order valence-electron chi connectivity index (χ0n) is 20.3. The number of nitrogens with one attached hydrogen (secondary N) is 1. The van der Waals surface area contributed by atoms with Crippen LogP contribution < -0.4 is 10.2 Å². The summed E-state index contributed by atoms with van der Waals surface area (Å²) in [6.07, 6.45) is 2.90. The van der Waals surface area contributed by atoms with E-state index in [2.05, 4.69) is 44.6 Å². The highest BCUT2D eigenvalue weighted by molar-refractivity contribution is 7.80. The Balaban J connectivity index is 1.46. The van der Waals surface area contributed by atoms with Crippen LogP contribution in [0.1, 0.15) is 41.1 Å². The van der Waals surface area contributed by atoms with Gasteiger partial charge in [0.15, 0.2) is 5.11 Å². The van der Waals surface area contributed by atoms with Gasteiger partial charge < -0.3 is 19.5 Å². The first kappa shape index (κ1) is 23.9. The van der Waals surface area contributed by atoms with Gasteiger partial charge >= 0.3 is 0 Å². The standard InChI is InChI=1S/C27H32FN5OS/c1-19-18-23(20(2)32(19)13-5-12-31-14-16-34-17-15-31)26-25(24-6-3-4-11-29-24)30-27(35)33(26)22-9-7-21(28)8-10-22/h3-4,6-11,18,25-26H,5,12-17H2,1-2H3,(H,30,35)/t25-,26+/m0/s1. The van der Waals surface area contributed by atoms with Crippen LogP contribution in [0, 0.1) is 19.7 Å². The van der Waals surface area contributed by atoms with E-state index in [1.165, 1.54) is 29.1 Å². The molecule has 0 radical (unpaired) electrons. The number of thiocarbonyl (C=S) groups is 1. The third-order valence-corrected chi connectivity index (χ3v) is 7.41. The summed E-state index contributed by atoms with van der Waals surface area (Å²) in [6.45, 7) is 10.1. The molecular weight excluding hydrogens is 461 g/mol. The van der Waals surface area contributed by atoms with Gasteiger partial charge in [0.2, 0.25) is 0 Å². The fourth-order valence-electron chi connectivity index (χ4n) is 5.30. The van der Waals surface area contributed by atoms with Crippen molar-refractivity contribution in [1.29, 1.82) is 0 Å². The van der Waals surface area contributed by atoms with Crippen molar-refractivity contribution in [2.45, 2.75) is 38.9 Å². The van der Waals surface area contributed by atoms with Crippen LogP contribution in [0.15, 0.2) is 54.7 Å². The molecule has 1 N–H and O–H groups in total. The third-order valence-electron chi connectivity index (χ3n) is 7.09. The normalized spacial score (nSPS) is 20.9. The molecule has 2 atom stereocenters. The summed E-state index contributed by atoms with van der Waals surface area (Å²) < 4.78 is 21.6. The molecule has 2 aliphatic rings. The Labute approximate surface area is 211 Å². The lowest BCUT2D eigenvalue weighted by atomic mass is 9.96. The molecule has 8 heteroatoms. The van der Waals surface area contributed by atoms with Gasteiger partial charge in [-0.2, -0.15) is 0 Å². The molecule has 0 unspecified atom stereocenters. The molecule has 2 aromatic heterocycles. The Morgan fingerprint density at radius 3 is 2.57 bits per heavy atom. The highest BCUT2D eigenvalue weighted by Crippen LogP contribution is 2.43. The highest BCUT2D eigenvalue weighted by atomic mass is 32.1. The number of morpholine rings is 1. The molecule has 3 aromatic rings. The summed E-state index contributed by atoms with van der Waals surface area (Å²) in [5.74, 6) is -0.261. The third kappa shape index (κ3) is 4.96. The van der Waals surface area contributed by atoms with Crippen molar-refractivity contribution >= 4 is 23.0 Å². The summed E-state index contributed by atoms with van der Waals surface area (Å²) in [6, 6.07) is 14.6. The minimum Gasteiger partial charge on any atom is -0.379 e. The van der Waals surface area contributed by atoms with E-state index in [1.807, 2.05) is 24.4 Å². The SMILES string of the molecule is Cc1cc([C@@H]2[C@H](c3ccccn3)NC(=S)N2c2ccc(F)cc2)c(C)n1CCCN1CCOCC1. The molecule has 0 aliphatic carbocycles. The Morgan fingerprint density at radius 1 is 1.09 bits per heavy atom. The molecule has 0 saturated carbocycles. The van der Waals surface area contributed by atoms with Gasteiger partial charge in [-0.3, -0.25) is 9.88 Å². The van der Waals surface area contributed by atoms with Crippen LogP contribution in [0.2, 0.25) is 0 Å². The van der Waals surface area contributed by atoms with Crippen molar-refractivity contribution in [2.75, 3.05) is 37.7 Å². The van der Waals surface area contributed by atoms with Crippen molar-refractivity contribution in [3.63, 3.8) is 0 Å². The van der Waals surface area contributed by atoms with Crippen molar-refractivity contribution < 1.29 is 9.13 Å². The molecular formula is C27H32FN5OS. The fourth-order valence-corrected chi connectivity index (χ4v) is 5.65. The largest absolute Gasteiger partial charge is 0.379 e. The maximum atomic E-state index is 13.7. The van der Waals surface area contributed by atoms with Gasteiger partial charge in [-0.15, -0.1) is 0 Å². The van der Waals surface area contributed by atoms with E-state index in [4.69, 9.17) is 17.0 Å². The first-order chi connectivity index (χ1) is 17.0. The molecule has 0 bridgehead atoms. The van der Waals surface area contributed by atoms with Crippen molar-refractivity contribution in [3.05, 3.63) is 83.2 Å². The number of aromatic nitrogens is 2. The molecule has 35 heavy (non-hydrogen) atoms. The minimum atomic E-state index is -0.261. The van der Waals surface area contributed by atoms with Crippen LogP contribution >= 0.6 is 12.2 Å². The smallest absolute Gasteiger partial charge is 0.174 e. The summed E-state index contributed by atoms with van der Waals surface area (Å²) >= 11 is 5.81. The second-order valence-electron chi connectivity index (χ2n) is 9.26. The predicted octanol–water partition coefficient (Wildman–Crippen LogP) is 4.54. The van der Waals surface area contributed by atoms with Crippen molar-refractivity contribution in [2.24, 2.45) is 0 Å². The van der Waals surface area contributed by atoms with Crippen LogP contribution in [-0.2, 0) is 11.3 Å². The monoisotopic (exact) mass is 493 g/mol. The number of anilines is 1. The maximum absolute atomic E-state index is 13.7. The molecule has 4 heterocycles. The number of benzene rings is 1. The van der Waals surface area contributed by atoms with Crippen molar-refractivity contribution in [1.82, 2.24) is 19.8 Å². The van der Waals surface area contributed by atoms with Gasteiger partial charge in [0.25, 0.3) is 0 Å². The van der Waals surface area contributed by atoms with Crippen molar-refractivity contribution in [3.8, 4) is 0 Å². The first-order valence-corrected chi connectivity index (χ1v) is 12.7. The molecule has 0 spiro atoms. The van der Waals surface area contributed by atoms with Crippen LogP contribution in [0.3, 0.4) is 0 Å². The number of nitrogens with zero attached hydrogens (tertiary/aromatic N) is 4. The Hall–Kier alpha value is -2.81. The van der Waals surface area contributed by atoms with Crippen LogP contribution in [0.25, 0.3) is 0 Å². The Bertz CT molecular complexity index is 1160. The fraction of sp³-hybridized carbons (Fsp3) is 0.407. The van der Waals surface area contributed by atoms with E-state index in [-0.39, 0.29) is 17.9 Å². The van der Waals surface area contributed by atoms with E-state index in [0.29, 0.717) is 5.11 Å². The molecule has 0 amide bonds. The zero-order chi connectivity index (χ0) is 24.4. The topological polar surface area (TPSA) is 45.6 Å². The number of ether oxygens (including phenoxy) is 1. The summed E-state index contributed by atoms with van der Waals surface area (Å²) in [7, 11) is 0. The summed E-state index contributed by atoms with van der Waals surface area (Å²) in [4.78, 5) is 9.22. The molecule has 6 nitrogen and oxygen atoms in total. The highest BCUT2D eigenvalue weighted by Gasteiger charge is 2.42. The predicted molar refractivity (Wildman–Crippen MR) is 140 cm³/mol. The lowest BCUT2D eigenvalue weighted by Crippen LogP contribution is -2.37. The van der Waals surface area contributed by atoms with Gasteiger partial charge in [-0.25, -0.2) is 4.39 Å². The number of aryl methyl sites for hydroxylation is 1.